The topological polar surface area (TPSA) is 70.7 Å². The zero-order chi connectivity index (χ0) is 21.9. The van der Waals surface area contributed by atoms with Crippen LogP contribution in [0.5, 0.6) is 0 Å². The molecule has 0 unspecified atom stereocenters. The number of thioether (sulfide) groups is 1. The summed E-state index contributed by atoms with van der Waals surface area (Å²) >= 11 is 1.11. The standard InChI is InChI=1S/C18H12F6N4OS/c19-17(20,21)12-5-11(6-13(7-12)18(22,23)24)10-1-3-14(4-2-10)27-15(29)8-30-16-25-9-26-28-16/h1-7,9H,8H2,(H,27,29)(H,25,26,28). The summed E-state index contributed by atoms with van der Waals surface area (Å²) in [6, 6.07) is 6.81. The number of H-pyrrole nitrogens is 1. The van der Waals surface area contributed by atoms with Crippen LogP contribution in [-0.2, 0) is 17.1 Å². The number of halogens is 6. The van der Waals surface area contributed by atoms with Crippen LogP contribution in [0.3, 0.4) is 0 Å². The van der Waals surface area contributed by atoms with Crippen LogP contribution in [0.1, 0.15) is 11.1 Å². The summed E-state index contributed by atoms with van der Waals surface area (Å²) in [5, 5.41) is 10.3. The monoisotopic (exact) mass is 446 g/mol. The summed E-state index contributed by atoms with van der Waals surface area (Å²) < 4.78 is 78.0. The molecule has 0 bridgehead atoms. The smallest absolute Gasteiger partial charge is 0.325 e. The number of aromatic nitrogens is 3. The molecular weight excluding hydrogens is 434 g/mol. The Morgan fingerprint density at radius 2 is 1.53 bits per heavy atom. The van der Waals surface area contributed by atoms with Gasteiger partial charge in [-0.25, -0.2) is 0 Å². The van der Waals surface area contributed by atoms with E-state index in [9.17, 15) is 31.1 Å². The van der Waals surface area contributed by atoms with Crippen molar-refractivity contribution >= 4 is 23.4 Å². The Morgan fingerprint density at radius 3 is 2.03 bits per heavy atom. The van der Waals surface area contributed by atoms with E-state index in [2.05, 4.69) is 20.5 Å². The van der Waals surface area contributed by atoms with Crippen LogP contribution in [0.15, 0.2) is 53.9 Å². The predicted octanol–water partition coefficient (Wildman–Crippen LogP) is 5.24. The molecule has 30 heavy (non-hydrogen) atoms. The first kappa shape index (κ1) is 21.7. The van der Waals surface area contributed by atoms with Gasteiger partial charge in [-0.1, -0.05) is 23.9 Å². The van der Waals surface area contributed by atoms with Crippen molar-refractivity contribution in [3.63, 3.8) is 0 Å². The van der Waals surface area contributed by atoms with E-state index in [4.69, 9.17) is 0 Å². The Kier molecular flexibility index (Phi) is 6.06. The van der Waals surface area contributed by atoms with E-state index >= 15 is 0 Å². The average molecular weight is 446 g/mol. The molecule has 0 saturated carbocycles. The van der Waals surface area contributed by atoms with Crippen LogP contribution in [0.4, 0.5) is 32.0 Å². The van der Waals surface area contributed by atoms with Gasteiger partial charge in [-0.05, 0) is 41.5 Å². The van der Waals surface area contributed by atoms with Gasteiger partial charge in [0.2, 0.25) is 5.91 Å². The highest BCUT2D eigenvalue weighted by Crippen LogP contribution is 2.38. The van der Waals surface area contributed by atoms with E-state index in [1.165, 1.54) is 30.6 Å². The first-order chi connectivity index (χ1) is 14.0. The number of carbonyl (C=O) groups excluding carboxylic acids is 1. The zero-order valence-electron chi connectivity index (χ0n) is 14.8. The zero-order valence-corrected chi connectivity index (χ0v) is 15.6. The van der Waals surface area contributed by atoms with Crippen molar-refractivity contribution in [1.29, 1.82) is 0 Å². The van der Waals surface area contributed by atoms with E-state index in [1.54, 1.807) is 0 Å². The van der Waals surface area contributed by atoms with Crippen LogP contribution in [0, 0.1) is 0 Å². The number of aromatic amines is 1. The lowest BCUT2D eigenvalue weighted by Crippen LogP contribution is -2.14. The largest absolute Gasteiger partial charge is 0.416 e. The van der Waals surface area contributed by atoms with Crippen LogP contribution in [-0.4, -0.2) is 26.8 Å². The second-order valence-electron chi connectivity index (χ2n) is 6.00. The van der Waals surface area contributed by atoms with Crippen molar-refractivity contribution in [3.8, 4) is 11.1 Å². The number of anilines is 1. The molecule has 3 rings (SSSR count). The third-order valence-electron chi connectivity index (χ3n) is 3.82. The van der Waals surface area contributed by atoms with Gasteiger partial charge >= 0.3 is 12.4 Å². The molecule has 0 spiro atoms. The number of hydrogen-bond donors (Lipinski definition) is 2. The minimum Gasteiger partial charge on any atom is -0.325 e. The lowest BCUT2D eigenvalue weighted by Gasteiger charge is -2.14. The summed E-state index contributed by atoms with van der Waals surface area (Å²) in [4.78, 5) is 14.6. The number of benzene rings is 2. The summed E-state index contributed by atoms with van der Waals surface area (Å²) in [5.74, 6) is -0.345. The van der Waals surface area contributed by atoms with Crippen LogP contribution >= 0.6 is 11.8 Å². The molecule has 1 amide bonds. The molecule has 5 nitrogen and oxygen atoms in total. The Bertz CT molecular complexity index is 984. The normalized spacial score (nSPS) is 12.1. The molecule has 12 heteroatoms. The van der Waals surface area contributed by atoms with Gasteiger partial charge in [0.1, 0.15) is 6.33 Å². The molecule has 0 aliphatic rings. The molecule has 158 valence electrons. The van der Waals surface area contributed by atoms with E-state index < -0.39 is 23.5 Å². The Hall–Kier alpha value is -3.02. The third kappa shape index (κ3) is 5.53. The molecular formula is C18H12F6N4OS. The molecule has 3 aromatic rings. The van der Waals surface area contributed by atoms with Gasteiger partial charge in [-0.15, -0.1) is 10.2 Å². The predicted molar refractivity (Wildman–Crippen MR) is 97.6 cm³/mol. The minimum absolute atomic E-state index is 0.0273. The van der Waals surface area contributed by atoms with Gasteiger partial charge in [0, 0.05) is 5.69 Å². The summed E-state index contributed by atoms with van der Waals surface area (Å²) in [6.07, 6.45) is -8.49. The first-order valence-corrected chi connectivity index (χ1v) is 9.19. The van der Waals surface area contributed by atoms with Gasteiger partial charge in [0.15, 0.2) is 5.16 Å². The van der Waals surface area contributed by atoms with Crippen LogP contribution in [0.25, 0.3) is 11.1 Å². The van der Waals surface area contributed by atoms with Crippen molar-refractivity contribution in [2.45, 2.75) is 17.5 Å². The van der Waals surface area contributed by atoms with E-state index in [0.717, 1.165) is 11.8 Å². The SMILES string of the molecule is O=C(CSc1nnc[nH]1)Nc1ccc(-c2cc(C(F)(F)F)cc(C(F)(F)F)c2)cc1. The minimum atomic E-state index is -4.93. The number of nitrogens with zero attached hydrogens (tertiary/aromatic N) is 2. The lowest BCUT2D eigenvalue weighted by molar-refractivity contribution is -0.143. The number of rotatable bonds is 5. The maximum absolute atomic E-state index is 13.0. The van der Waals surface area contributed by atoms with Gasteiger partial charge in [-0.3, -0.25) is 4.79 Å². The molecule has 2 aromatic carbocycles. The maximum atomic E-state index is 13.0. The van der Waals surface area contributed by atoms with E-state index in [-0.39, 0.29) is 28.9 Å². The summed E-state index contributed by atoms with van der Waals surface area (Å²) in [5.41, 5.74) is -2.55. The van der Waals surface area contributed by atoms with E-state index in [0.29, 0.717) is 23.0 Å². The Balaban J connectivity index is 1.77. The van der Waals surface area contributed by atoms with Crippen molar-refractivity contribution in [2.75, 3.05) is 11.1 Å². The molecule has 0 aliphatic carbocycles. The number of hydrogen-bond acceptors (Lipinski definition) is 4. The average Bonchev–Trinajstić information content (AvgIpc) is 3.19. The number of amides is 1. The highest BCUT2D eigenvalue weighted by atomic mass is 32.2. The van der Waals surface area contributed by atoms with Gasteiger partial charge in [0.25, 0.3) is 0 Å². The van der Waals surface area contributed by atoms with Gasteiger partial charge < -0.3 is 10.3 Å². The van der Waals surface area contributed by atoms with E-state index in [1.807, 2.05) is 0 Å². The Morgan fingerprint density at radius 1 is 0.933 bits per heavy atom. The number of alkyl halides is 6. The fourth-order valence-corrected chi connectivity index (χ4v) is 3.04. The van der Waals surface area contributed by atoms with Crippen molar-refractivity contribution in [1.82, 2.24) is 15.2 Å². The summed E-state index contributed by atoms with van der Waals surface area (Å²) in [6.45, 7) is 0. The van der Waals surface area contributed by atoms with Crippen molar-refractivity contribution < 1.29 is 31.1 Å². The van der Waals surface area contributed by atoms with Crippen LogP contribution in [0.2, 0.25) is 0 Å². The fraction of sp³-hybridized carbons (Fsp3) is 0.167. The van der Waals surface area contributed by atoms with Gasteiger partial charge in [-0.2, -0.15) is 26.3 Å². The van der Waals surface area contributed by atoms with Crippen molar-refractivity contribution in [2.24, 2.45) is 0 Å². The second-order valence-corrected chi connectivity index (χ2v) is 6.97. The molecule has 0 aliphatic heterocycles. The molecule has 0 atom stereocenters. The van der Waals surface area contributed by atoms with Crippen LogP contribution < -0.4 is 5.32 Å². The molecule has 0 saturated heterocycles. The second kappa shape index (κ2) is 8.38. The quantitative estimate of drug-likeness (QED) is 0.416. The Labute approximate surface area is 169 Å². The lowest BCUT2D eigenvalue weighted by atomic mass is 9.99. The fourth-order valence-electron chi connectivity index (χ4n) is 2.46. The molecule has 2 N–H and O–H groups in total. The third-order valence-corrected chi connectivity index (χ3v) is 4.70. The molecule has 1 heterocycles. The highest BCUT2D eigenvalue weighted by molar-refractivity contribution is 7.99. The molecule has 0 radical (unpaired) electrons. The molecule has 0 fully saturated rings. The maximum Gasteiger partial charge on any atom is 0.416 e. The first-order valence-electron chi connectivity index (χ1n) is 8.21. The highest BCUT2D eigenvalue weighted by Gasteiger charge is 2.37. The van der Waals surface area contributed by atoms with Gasteiger partial charge in [0.05, 0.1) is 16.9 Å². The summed E-state index contributed by atoms with van der Waals surface area (Å²) in [7, 11) is 0. The number of nitrogens with one attached hydrogen (secondary N) is 2. The molecule has 1 aromatic heterocycles. The number of carbonyl (C=O) groups is 1. The van der Waals surface area contributed by atoms with Crippen molar-refractivity contribution in [3.05, 3.63) is 59.9 Å².